The smallest absolute Gasteiger partial charge is 0.326 e. The summed E-state index contributed by atoms with van der Waals surface area (Å²) >= 11 is 0. The molecule has 2 N–H and O–H groups in total. The number of aryl methyl sites for hydroxylation is 2. The van der Waals surface area contributed by atoms with Gasteiger partial charge in [-0.15, -0.1) is 5.10 Å². The highest BCUT2D eigenvalue weighted by molar-refractivity contribution is 5.93. The Morgan fingerprint density at radius 2 is 1.58 bits per heavy atom. The Hall–Kier alpha value is -3.50. The number of alkyl halides is 3. The van der Waals surface area contributed by atoms with Gasteiger partial charge in [-0.25, -0.2) is 9.50 Å². The predicted octanol–water partition coefficient (Wildman–Crippen LogP) is 4.32. The third-order valence-corrected chi connectivity index (χ3v) is 4.95. The Kier molecular flexibility index (Phi) is 6.99. The molecule has 8 nitrogen and oxygen atoms in total. The second kappa shape index (κ2) is 9.55. The van der Waals surface area contributed by atoms with Gasteiger partial charge in [-0.1, -0.05) is 13.8 Å². The molecule has 0 aliphatic rings. The molecule has 0 bridgehead atoms. The Balaban J connectivity index is 1.63. The SMILES string of the molecule is Cc1nc2nc(C(F)(F)F)nn2c(C)c1CCC(=O)Nc1ccc(NC(=O)CC(C)C)cc1. The van der Waals surface area contributed by atoms with Crippen molar-refractivity contribution in [2.45, 2.75) is 53.1 Å². The van der Waals surface area contributed by atoms with E-state index in [-0.39, 0.29) is 36.4 Å². The minimum atomic E-state index is -4.67. The van der Waals surface area contributed by atoms with E-state index in [2.05, 4.69) is 25.7 Å². The van der Waals surface area contributed by atoms with Gasteiger partial charge in [-0.3, -0.25) is 9.59 Å². The van der Waals surface area contributed by atoms with E-state index in [1.165, 1.54) is 0 Å². The van der Waals surface area contributed by atoms with Crippen molar-refractivity contribution < 1.29 is 22.8 Å². The molecule has 0 saturated carbocycles. The molecule has 2 amide bonds. The fraction of sp³-hybridized carbons (Fsp3) is 0.409. The fourth-order valence-electron chi connectivity index (χ4n) is 3.37. The molecule has 0 fully saturated rings. The molecule has 0 unspecified atom stereocenters. The normalized spacial score (nSPS) is 11.8. The minimum absolute atomic E-state index is 0.0761. The molecular weight excluding hydrogens is 437 g/mol. The number of aromatic nitrogens is 4. The lowest BCUT2D eigenvalue weighted by molar-refractivity contribution is -0.144. The Morgan fingerprint density at radius 1 is 1.00 bits per heavy atom. The summed E-state index contributed by atoms with van der Waals surface area (Å²) in [4.78, 5) is 31.8. The van der Waals surface area contributed by atoms with Crippen LogP contribution < -0.4 is 10.6 Å². The zero-order valence-electron chi connectivity index (χ0n) is 18.7. The van der Waals surface area contributed by atoms with Gasteiger partial charge >= 0.3 is 6.18 Å². The predicted molar refractivity (Wildman–Crippen MR) is 117 cm³/mol. The first-order valence-electron chi connectivity index (χ1n) is 10.4. The summed E-state index contributed by atoms with van der Waals surface area (Å²) < 4.78 is 39.8. The number of benzene rings is 1. The van der Waals surface area contributed by atoms with Crippen LogP contribution >= 0.6 is 0 Å². The summed E-state index contributed by atoms with van der Waals surface area (Å²) in [6.07, 6.45) is -3.87. The largest absolute Gasteiger partial charge is 0.453 e. The molecule has 0 aliphatic heterocycles. The first-order chi connectivity index (χ1) is 15.4. The summed E-state index contributed by atoms with van der Waals surface area (Å²) in [6.45, 7) is 7.20. The maximum Gasteiger partial charge on any atom is 0.453 e. The van der Waals surface area contributed by atoms with Gasteiger partial charge in [0.1, 0.15) is 0 Å². The molecule has 0 radical (unpaired) electrons. The summed E-state index contributed by atoms with van der Waals surface area (Å²) in [6, 6.07) is 6.76. The highest BCUT2D eigenvalue weighted by atomic mass is 19.4. The van der Waals surface area contributed by atoms with E-state index in [0.29, 0.717) is 34.7 Å². The van der Waals surface area contributed by atoms with E-state index in [4.69, 9.17) is 0 Å². The molecule has 0 spiro atoms. The first kappa shape index (κ1) is 24.1. The number of nitrogens with one attached hydrogen (secondary N) is 2. The summed E-state index contributed by atoms with van der Waals surface area (Å²) in [5.74, 6) is -1.47. The Bertz CT molecular complexity index is 1170. The second-order valence-electron chi connectivity index (χ2n) is 8.18. The van der Waals surface area contributed by atoms with E-state index in [9.17, 15) is 22.8 Å². The van der Waals surface area contributed by atoms with Crippen molar-refractivity contribution in [3.8, 4) is 0 Å². The lowest BCUT2D eigenvalue weighted by atomic mass is 10.1. The van der Waals surface area contributed by atoms with Crippen LogP contribution in [0.3, 0.4) is 0 Å². The van der Waals surface area contributed by atoms with Crippen molar-refractivity contribution in [1.29, 1.82) is 0 Å². The van der Waals surface area contributed by atoms with Crippen LogP contribution in [0, 0.1) is 19.8 Å². The van der Waals surface area contributed by atoms with Gasteiger partial charge < -0.3 is 10.6 Å². The van der Waals surface area contributed by atoms with E-state index in [1.807, 2.05) is 13.8 Å². The van der Waals surface area contributed by atoms with Crippen LogP contribution in [0.25, 0.3) is 5.78 Å². The third kappa shape index (κ3) is 6.05. The molecule has 2 heterocycles. The highest BCUT2D eigenvalue weighted by Gasteiger charge is 2.37. The third-order valence-electron chi connectivity index (χ3n) is 4.95. The van der Waals surface area contributed by atoms with Gasteiger partial charge in [0.05, 0.1) is 0 Å². The maximum absolute atomic E-state index is 12.9. The van der Waals surface area contributed by atoms with Crippen molar-refractivity contribution in [2.24, 2.45) is 5.92 Å². The monoisotopic (exact) mass is 462 g/mol. The molecule has 11 heteroatoms. The van der Waals surface area contributed by atoms with Gasteiger partial charge in [-0.2, -0.15) is 18.2 Å². The van der Waals surface area contributed by atoms with Crippen molar-refractivity contribution in [3.63, 3.8) is 0 Å². The topological polar surface area (TPSA) is 101 Å². The molecular formula is C22H25F3N6O2. The highest BCUT2D eigenvalue weighted by Crippen LogP contribution is 2.27. The number of amides is 2. The number of halogens is 3. The Labute approximate surface area is 188 Å². The average Bonchev–Trinajstić information content (AvgIpc) is 3.13. The van der Waals surface area contributed by atoms with Gasteiger partial charge in [0.15, 0.2) is 0 Å². The van der Waals surface area contributed by atoms with Gasteiger partial charge in [0, 0.05) is 35.6 Å². The number of fused-ring (bicyclic) bond motifs is 1. The molecule has 1 aromatic carbocycles. The number of nitrogens with zero attached hydrogens (tertiary/aromatic N) is 4. The van der Waals surface area contributed by atoms with E-state index >= 15 is 0 Å². The zero-order valence-corrected chi connectivity index (χ0v) is 18.7. The van der Waals surface area contributed by atoms with Crippen LogP contribution in [0.5, 0.6) is 0 Å². The minimum Gasteiger partial charge on any atom is -0.326 e. The van der Waals surface area contributed by atoms with Crippen LogP contribution in [0.2, 0.25) is 0 Å². The standard InChI is InChI=1S/C22H25F3N6O2/c1-12(2)11-19(33)28-16-7-5-15(6-8-16)27-18(32)10-9-17-13(3)26-21-29-20(22(23,24)25)30-31(21)14(17)4/h5-8,12H,9-11H2,1-4H3,(H,27,32)(H,28,33). The zero-order chi connectivity index (χ0) is 24.3. The van der Waals surface area contributed by atoms with E-state index < -0.39 is 12.0 Å². The first-order valence-corrected chi connectivity index (χ1v) is 10.4. The van der Waals surface area contributed by atoms with Crippen LogP contribution in [0.15, 0.2) is 24.3 Å². The Morgan fingerprint density at radius 3 is 2.12 bits per heavy atom. The van der Waals surface area contributed by atoms with Crippen LogP contribution in [-0.4, -0.2) is 31.4 Å². The average molecular weight is 462 g/mol. The van der Waals surface area contributed by atoms with Gasteiger partial charge in [-0.05, 0) is 56.0 Å². The molecule has 0 atom stereocenters. The molecule has 0 saturated heterocycles. The molecule has 33 heavy (non-hydrogen) atoms. The van der Waals surface area contributed by atoms with E-state index in [1.54, 1.807) is 38.1 Å². The summed E-state index contributed by atoms with van der Waals surface area (Å²) in [5, 5.41) is 9.08. The van der Waals surface area contributed by atoms with Crippen molar-refractivity contribution in [2.75, 3.05) is 10.6 Å². The van der Waals surface area contributed by atoms with Crippen LogP contribution in [0.4, 0.5) is 24.5 Å². The lowest BCUT2D eigenvalue weighted by Crippen LogP contribution is -2.15. The van der Waals surface area contributed by atoms with Crippen molar-refractivity contribution in [1.82, 2.24) is 19.6 Å². The molecule has 3 aromatic rings. The number of carbonyl (C=O) groups excluding carboxylic acids is 2. The number of anilines is 2. The number of hydrogen-bond donors (Lipinski definition) is 2. The number of hydrogen-bond acceptors (Lipinski definition) is 5. The molecule has 0 aliphatic carbocycles. The number of rotatable bonds is 7. The molecule has 3 rings (SSSR count). The fourth-order valence-corrected chi connectivity index (χ4v) is 3.37. The second-order valence-corrected chi connectivity index (χ2v) is 8.18. The van der Waals surface area contributed by atoms with Crippen LogP contribution in [0.1, 0.15) is 49.5 Å². The van der Waals surface area contributed by atoms with Gasteiger partial charge in [0.25, 0.3) is 11.6 Å². The van der Waals surface area contributed by atoms with Crippen LogP contribution in [-0.2, 0) is 22.2 Å². The number of carbonyl (C=O) groups is 2. The lowest BCUT2D eigenvalue weighted by Gasteiger charge is -2.11. The quantitative estimate of drug-likeness (QED) is 0.545. The maximum atomic E-state index is 12.9. The molecule has 176 valence electrons. The van der Waals surface area contributed by atoms with Crippen molar-refractivity contribution in [3.05, 3.63) is 47.0 Å². The molecule has 2 aromatic heterocycles. The van der Waals surface area contributed by atoms with E-state index in [0.717, 1.165) is 4.52 Å². The van der Waals surface area contributed by atoms with Crippen molar-refractivity contribution >= 4 is 29.0 Å². The van der Waals surface area contributed by atoms with Gasteiger partial charge in [0.2, 0.25) is 11.8 Å². The summed E-state index contributed by atoms with van der Waals surface area (Å²) in [7, 11) is 0. The summed E-state index contributed by atoms with van der Waals surface area (Å²) in [5.41, 5.74) is 2.79.